The number of carbonyl (C=O) groups excluding carboxylic acids is 1. The molecule has 1 N–H and O–H groups in total. The number of ether oxygens (including phenoxy) is 2. The molecule has 2 aliphatic carbocycles. The number of carboxylic acid groups (broad SMARTS) is 1. The quantitative estimate of drug-likeness (QED) is 0.433. The summed E-state index contributed by atoms with van der Waals surface area (Å²) < 4.78 is 14.8. The van der Waals surface area contributed by atoms with Gasteiger partial charge < -0.3 is 24.0 Å². The third-order valence-corrected chi connectivity index (χ3v) is 8.81. The normalized spacial score (nSPS) is 24.1. The third-order valence-electron chi connectivity index (χ3n) is 8.42. The number of hydrogen-bond acceptors (Lipinski definition) is 5. The minimum absolute atomic E-state index is 0.00134. The zero-order valence-corrected chi connectivity index (χ0v) is 22.8. The van der Waals surface area contributed by atoms with Crippen LogP contribution < -0.4 is 0 Å². The Kier molecular flexibility index (Phi) is 6.52. The van der Waals surface area contributed by atoms with E-state index in [-0.39, 0.29) is 30.5 Å². The van der Waals surface area contributed by atoms with Crippen LogP contribution in [0.15, 0.2) is 59.3 Å². The van der Waals surface area contributed by atoms with Gasteiger partial charge in [0.15, 0.2) is 0 Å². The minimum atomic E-state index is -1.02. The number of aryl methyl sites for hydroxylation is 1. The molecule has 1 saturated heterocycles. The van der Waals surface area contributed by atoms with E-state index in [2.05, 4.69) is 40.2 Å². The average Bonchev–Trinajstić information content (AvgIpc) is 3.41. The van der Waals surface area contributed by atoms with Gasteiger partial charge in [0.1, 0.15) is 29.2 Å². The molecule has 3 aliphatic rings. The molecule has 198 valence electrons. The fraction of sp³-hybridized carbons (Fsp3) is 0.414. The van der Waals surface area contributed by atoms with Crippen LogP contribution in [0.2, 0.25) is 0 Å². The number of benzene rings is 2. The summed E-state index contributed by atoms with van der Waals surface area (Å²) in [6.07, 6.45) is 4.14. The van der Waals surface area contributed by atoms with Gasteiger partial charge in [0, 0.05) is 44.1 Å². The van der Waals surface area contributed by atoms with E-state index in [1.807, 2.05) is 42.1 Å². The summed E-state index contributed by atoms with van der Waals surface area (Å²) in [6, 6.07) is 16.6. The second-order valence-corrected chi connectivity index (χ2v) is 11.3. The van der Waals surface area contributed by atoms with E-state index < -0.39 is 18.2 Å². The predicted molar refractivity (Wildman–Crippen MR) is 144 cm³/mol. The van der Waals surface area contributed by atoms with Crippen LogP contribution in [0, 0.1) is 11.8 Å². The Labute approximate surface area is 229 Å². The van der Waals surface area contributed by atoms with E-state index >= 15 is 0 Å². The summed E-state index contributed by atoms with van der Waals surface area (Å²) in [7, 11) is 1.90. The highest BCUT2D eigenvalue weighted by molar-refractivity contribution is 9.10. The van der Waals surface area contributed by atoms with Gasteiger partial charge in [-0.05, 0) is 51.0 Å². The first-order chi connectivity index (χ1) is 18.4. The number of carboxylic acids is 1. The van der Waals surface area contributed by atoms with Crippen LogP contribution in [0.4, 0.5) is 4.79 Å². The van der Waals surface area contributed by atoms with Crippen LogP contribution in [-0.2, 0) is 26.9 Å². The van der Waals surface area contributed by atoms with Crippen molar-refractivity contribution in [2.75, 3.05) is 26.3 Å². The molecule has 3 aromatic rings. The lowest BCUT2D eigenvalue weighted by molar-refractivity contribution is -0.196. The largest absolute Gasteiger partial charge is 0.480 e. The van der Waals surface area contributed by atoms with Crippen LogP contribution in [0.3, 0.4) is 0 Å². The smallest absolute Gasteiger partial charge is 0.409 e. The zero-order chi connectivity index (χ0) is 26.4. The number of imidazole rings is 1. The van der Waals surface area contributed by atoms with E-state index in [1.165, 1.54) is 22.3 Å². The number of carbonyl (C=O) groups is 2. The van der Waals surface area contributed by atoms with Crippen molar-refractivity contribution < 1.29 is 24.2 Å². The maximum atomic E-state index is 13.4. The highest BCUT2D eigenvalue weighted by Crippen LogP contribution is 2.52. The van der Waals surface area contributed by atoms with Crippen LogP contribution >= 0.6 is 15.9 Å². The topological polar surface area (TPSA) is 93.9 Å². The molecule has 2 fully saturated rings. The van der Waals surface area contributed by atoms with Gasteiger partial charge in [-0.15, -0.1) is 0 Å². The van der Waals surface area contributed by atoms with Crippen molar-refractivity contribution in [3.63, 3.8) is 0 Å². The number of piperidine rings is 1. The molecule has 0 spiro atoms. The summed E-state index contributed by atoms with van der Waals surface area (Å²) in [5.41, 5.74) is 3.87. The molecule has 2 bridgehead atoms. The first kappa shape index (κ1) is 25.1. The number of likely N-dealkylation sites (tertiary alicyclic amines) is 1. The van der Waals surface area contributed by atoms with Crippen LogP contribution in [0.1, 0.15) is 42.1 Å². The van der Waals surface area contributed by atoms with Gasteiger partial charge in [0.2, 0.25) is 0 Å². The monoisotopic (exact) mass is 579 g/mol. The van der Waals surface area contributed by atoms with Crippen molar-refractivity contribution in [2.45, 2.75) is 30.8 Å². The fourth-order valence-corrected chi connectivity index (χ4v) is 7.38. The van der Waals surface area contributed by atoms with Crippen molar-refractivity contribution in [1.82, 2.24) is 14.5 Å². The van der Waals surface area contributed by atoms with Gasteiger partial charge in [-0.1, -0.05) is 55.0 Å². The van der Waals surface area contributed by atoms with Gasteiger partial charge in [0.05, 0.1) is 0 Å². The van der Waals surface area contributed by atoms with E-state index in [1.54, 1.807) is 4.90 Å². The number of fused-ring (bicyclic) bond motifs is 5. The molecule has 2 unspecified atom stereocenters. The number of nitrogens with zero attached hydrogens (tertiary/aromatic N) is 3. The first-order valence-electron chi connectivity index (χ1n) is 13.0. The van der Waals surface area contributed by atoms with Gasteiger partial charge in [-0.2, -0.15) is 0 Å². The predicted octanol–water partition coefficient (Wildman–Crippen LogP) is 5.16. The SMILES string of the molecule is Cn1cc(Br)nc1C1(OCC(=O)O)C2CCCC1CN(C(=O)OCC1c3ccccc3-c3ccccc31)C2. The molecule has 9 heteroatoms. The van der Waals surface area contributed by atoms with Crippen molar-refractivity contribution >= 4 is 28.0 Å². The molecular formula is C29H30BrN3O5. The number of aliphatic carboxylic acids is 1. The lowest BCUT2D eigenvalue weighted by Gasteiger charge is -2.54. The molecule has 1 saturated carbocycles. The Morgan fingerprint density at radius 1 is 1.05 bits per heavy atom. The van der Waals surface area contributed by atoms with Gasteiger partial charge >= 0.3 is 12.1 Å². The Balaban J connectivity index is 1.23. The standard InChI is InChI=1S/C29H30BrN3O5/c1-32-15-25(30)31-27(32)29(38-17-26(34)35)18-7-6-8-19(29)14-33(13-18)28(36)37-16-24-22-11-4-2-9-20(22)21-10-3-5-12-23(21)24/h2-5,9-12,15,18-19,24H,6-8,13-14,16-17H2,1H3,(H,34,35). The summed E-state index contributed by atoms with van der Waals surface area (Å²) in [5.74, 6) is -0.508. The van der Waals surface area contributed by atoms with Crippen LogP contribution in [0.25, 0.3) is 11.1 Å². The highest BCUT2D eigenvalue weighted by Gasteiger charge is 2.57. The summed E-state index contributed by atoms with van der Waals surface area (Å²) in [4.78, 5) is 31.4. The Morgan fingerprint density at radius 2 is 1.66 bits per heavy atom. The Morgan fingerprint density at radius 3 is 2.21 bits per heavy atom. The van der Waals surface area contributed by atoms with Gasteiger partial charge in [0.25, 0.3) is 0 Å². The molecule has 0 radical (unpaired) electrons. The molecule has 2 atom stereocenters. The molecule has 1 amide bonds. The van der Waals surface area contributed by atoms with Crippen LogP contribution in [-0.4, -0.2) is 57.9 Å². The molecule has 2 heterocycles. The van der Waals surface area contributed by atoms with Gasteiger partial charge in [-0.3, -0.25) is 0 Å². The number of rotatable bonds is 6. The molecule has 8 nitrogen and oxygen atoms in total. The summed E-state index contributed by atoms with van der Waals surface area (Å²) >= 11 is 3.46. The van der Waals surface area contributed by atoms with E-state index in [9.17, 15) is 14.7 Å². The average molecular weight is 580 g/mol. The number of amides is 1. The summed E-state index contributed by atoms with van der Waals surface area (Å²) in [5, 5.41) is 9.45. The maximum Gasteiger partial charge on any atom is 0.409 e. The summed E-state index contributed by atoms with van der Waals surface area (Å²) in [6.45, 7) is 0.711. The van der Waals surface area contributed by atoms with E-state index in [0.717, 1.165) is 19.3 Å². The van der Waals surface area contributed by atoms with E-state index in [4.69, 9.17) is 14.5 Å². The van der Waals surface area contributed by atoms with Crippen molar-refractivity contribution in [1.29, 1.82) is 0 Å². The van der Waals surface area contributed by atoms with E-state index in [0.29, 0.717) is 23.5 Å². The molecule has 1 aromatic heterocycles. The number of hydrogen-bond donors (Lipinski definition) is 1. The minimum Gasteiger partial charge on any atom is -0.480 e. The van der Waals surface area contributed by atoms with Crippen molar-refractivity contribution in [3.8, 4) is 11.1 Å². The molecule has 6 rings (SSSR count). The molecule has 38 heavy (non-hydrogen) atoms. The fourth-order valence-electron chi connectivity index (χ4n) is 6.91. The lowest BCUT2D eigenvalue weighted by atomic mass is 9.64. The van der Waals surface area contributed by atoms with Crippen molar-refractivity contribution in [2.24, 2.45) is 18.9 Å². The molecular weight excluding hydrogens is 550 g/mol. The zero-order valence-electron chi connectivity index (χ0n) is 21.2. The maximum absolute atomic E-state index is 13.4. The first-order valence-corrected chi connectivity index (χ1v) is 13.8. The Bertz CT molecular complexity index is 1330. The van der Waals surface area contributed by atoms with Crippen LogP contribution in [0.5, 0.6) is 0 Å². The van der Waals surface area contributed by atoms with Gasteiger partial charge in [-0.25, -0.2) is 14.6 Å². The lowest BCUT2D eigenvalue weighted by Crippen LogP contribution is -2.61. The third kappa shape index (κ3) is 4.12. The second kappa shape index (κ2) is 9.85. The Hall–Kier alpha value is -3.17. The molecule has 2 aromatic carbocycles. The number of halogens is 1. The second-order valence-electron chi connectivity index (χ2n) is 10.5. The van der Waals surface area contributed by atoms with Crippen molar-refractivity contribution in [3.05, 3.63) is 76.3 Å². The molecule has 1 aliphatic heterocycles. The highest BCUT2D eigenvalue weighted by atomic mass is 79.9. The number of aromatic nitrogens is 2.